The zero-order valence-electron chi connectivity index (χ0n) is 15.2. The second-order valence-corrected chi connectivity index (χ2v) is 6.22. The summed E-state index contributed by atoms with van der Waals surface area (Å²) < 4.78 is 11.4. The Bertz CT molecular complexity index is 735. The van der Waals surface area contributed by atoms with Gasteiger partial charge in [-0.3, -0.25) is 4.79 Å². The average molecular weight is 339 g/mol. The van der Waals surface area contributed by atoms with Gasteiger partial charge in [0.25, 0.3) is 0 Å². The first-order valence-electron chi connectivity index (χ1n) is 8.45. The molecule has 2 rings (SSSR count). The first kappa shape index (κ1) is 18.6. The highest BCUT2D eigenvalue weighted by Gasteiger charge is 2.07. The topological polar surface area (TPSA) is 47.6 Å². The van der Waals surface area contributed by atoms with Crippen LogP contribution in [0.25, 0.3) is 6.08 Å². The van der Waals surface area contributed by atoms with Gasteiger partial charge >= 0.3 is 0 Å². The third kappa shape index (κ3) is 6.34. The maximum atomic E-state index is 12.2. The number of carbonyl (C=O) groups is 1. The molecule has 0 unspecified atom stereocenters. The van der Waals surface area contributed by atoms with Crippen molar-refractivity contribution in [3.63, 3.8) is 0 Å². The predicted octanol–water partition coefficient (Wildman–Crippen LogP) is 4.91. The lowest BCUT2D eigenvalue weighted by Gasteiger charge is -2.14. The van der Waals surface area contributed by atoms with Crippen molar-refractivity contribution >= 4 is 17.7 Å². The molecular formula is C21H25NO3. The Balaban J connectivity index is 2.04. The van der Waals surface area contributed by atoms with Gasteiger partial charge in [0.05, 0.1) is 17.9 Å². The van der Waals surface area contributed by atoms with Crippen LogP contribution in [0.5, 0.6) is 11.5 Å². The molecule has 4 nitrogen and oxygen atoms in total. The van der Waals surface area contributed by atoms with E-state index in [0.717, 1.165) is 11.3 Å². The third-order valence-corrected chi connectivity index (χ3v) is 3.16. The number of carbonyl (C=O) groups excluding carboxylic acids is 1. The molecule has 0 saturated heterocycles. The molecule has 2 aromatic rings. The van der Waals surface area contributed by atoms with Crippen LogP contribution in [0.15, 0.2) is 54.6 Å². The van der Waals surface area contributed by atoms with Crippen molar-refractivity contribution in [3.8, 4) is 11.5 Å². The van der Waals surface area contributed by atoms with E-state index in [1.807, 2.05) is 76.2 Å². The maximum absolute atomic E-state index is 12.2. The van der Waals surface area contributed by atoms with E-state index in [0.29, 0.717) is 11.4 Å². The van der Waals surface area contributed by atoms with Crippen molar-refractivity contribution < 1.29 is 14.3 Å². The molecule has 132 valence electrons. The Hall–Kier alpha value is -2.75. The number of rotatable bonds is 7. The summed E-state index contributed by atoms with van der Waals surface area (Å²) in [6.07, 6.45) is 3.41. The van der Waals surface area contributed by atoms with Gasteiger partial charge in [-0.25, -0.2) is 0 Å². The Morgan fingerprint density at radius 1 is 0.960 bits per heavy atom. The van der Waals surface area contributed by atoms with Crippen molar-refractivity contribution in [2.75, 3.05) is 5.32 Å². The van der Waals surface area contributed by atoms with Gasteiger partial charge in [0, 0.05) is 6.08 Å². The van der Waals surface area contributed by atoms with Crippen molar-refractivity contribution in [2.24, 2.45) is 0 Å². The number of benzene rings is 2. The van der Waals surface area contributed by atoms with Crippen LogP contribution in [-0.4, -0.2) is 18.1 Å². The fourth-order valence-corrected chi connectivity index (χ4v) is 2.24. The van der Waals surface area contributed by atoms with Gasteiger partial charge in [-0.2, -0.15) is 0 Å². The summed E-state index contributed by atoms with van der Waals surface area (Å²) in [5, 5.41) is 2.85. The maximum Gasteiger partial charge on any atom is 0.248 e. The predicted molar refractivity (Wildman–Crippen MR) is 102 cm³/mol. The fourth-order valence-electron chi connectivity index (χ4n) is 2.24. The highest BCUT2D eigenvalue weighted by atomic mass is 16.5. The van der Waals surface area contributed by atoms with Crippen LogP contribution in [0.4, 0.5) is 5.69 Å². The van der Waals surface area contributed by atoms with Crippen LogP contribution in [-0.2, 0) is 4.79 Å². The summed E-state index contributed by atoms with van der Waals surface area (Å²) >= 11 is 0. The van der Waals surface area contributed by atoms with E-state index in [-0.39, 0.29) is 18.1 Å². The minimum Gasteiger partial charge on any atom is -0.491 e. The van der Waals surface area contributed by atoms with Crippen molar-refractivity contribution in [1.29, 1.82) is 0 Å². The Kier molecular flexibility index (Phi) is 6.63. The van der Waals surface area contributed by atoms with Crippen LogP contribution in [0.2, 0.25) is 0 Å². The van der Waals surface area contributed by atoms with E-state index in [1.165, 1.54) is 6.08 Å². The minimum absolute atomic E-state index is 0.0392. The van der Waals surface area contributed by atoms with Crippen LogP contribution >= 0.6 is 0 Å². The number of amides is 1. The lowest BCUT2D eigenvalue weighted by atomic mass is 10.2. The molecule has 0 aliphatic heterocycles. The molecule has 0 spiro atoms. The lowest BCUT2D eigenvalue weighted by molar-refractivity contribution is -0.111. The summed E-state index contributed by atoms with van der Waals surface area (Å²) in [6, 6.07) is 15.0. The highest BCUT2D eigenvalue weighted by molar-refractivity contribution is 6.02. The van der Waals surface area contributed by atoms with Crippen molar-refractivity contribution in [3.05, 3.63) is 60.2 Å². The number of hydrogen-bond acceptors (Lipinski definition) is 3. The SMILES string of the molecule is CC(C)Oc1cccc(/C=C/C(=O)Nc2ccccc2OC(C)C)c1. The molecule has 25 heavy (non-hydrogen) atoms. The molecule has 2 aromatic carbocycles. The smallest absolute Gasteiger partial charge is 0.248 e. The molecule has 0 atom stereocenters. The second-order valence-electron chi connectivity index (χ2n) is 6.22. The van der Waals surface area contributed by atoms with E-state index in [1.54, 1.807) is 6.08 Å². The van der Waals surface area contributed by atoms with Gasteiger partial charge < -0.3 is 14.8 Å². The number of para-hydroxylation sites is 2. The Morgan fingerprint density at radius 3 is 2.40 bits per heavy atom. The fraction of sp³-hybridized carbons (Fsp3) is 0.286. The molecule has 0 saturated carbocycles. The molecule has 1 N–H and O–H groups in total. The van der Waals surface area contributed by atoms with Gasteiger partial charge in [-0.05, 0) is 63.6 Å². The summed E-state index contributed by atoms with van der Waals surface area (Å²) in [5.41, 5.74) is 1.56. The lowest BCUT2D eigenvalue weighted by Crippen LogP contribution is -2.12. The number of hydrogen-bond donors (Lipinski definition) is 1. The van der Waals surface area contributed by atoms with Crippen LogP contribution in [0.3, 0.4) is 0 Å². The summed E-state index contributed by atoms with van der Waals surface area (Å²) in [6.45, 7) is 7.86. The third-order valence-electron chi connectivity index (χ3n) is 3.16. The van der Waals surface area contributed by atoms with Gasteiger partial charge in [0.2, 0.25) is 5.91 Å². The van der Waals surface area contributed by atoms with Gasteiger partial charge in [-0.15, -0.1) is 0 Å². The van der Waals surface area contributed by atoms with Crippen LogP contribution < -0.4 is 14.8 Å². The van der Waals surface area contributed by atoms with E-state index < -0.39 is 0 Å². The molecular weight excluding hydrogens is 314 g/mol. The second kappa shape index (κ2) is 8.92. The first-order chi connectivity index (χ1) is 11.9. The molecule has 0 aromatic heterocycles. The molecule has 0 radical (unpaired) electrons. The van der Waals surface area contributed by atoms with Gasteiger partial charge in [-0.1, -0.05) is 24.3 Å². The first-order valence-corrected chi connectivity index (χ1v) is 8.45. The van der Waals surface area contributed by atoms with E-state index >= 15 is 0 Å². The summed E-state index contributed by atoms with van der Waals surface area (Å²) in [4.78, 5) is 12.2. The van der Waals surface area contributed by atoms with E-state index in [4.69, 9.17) is 9.47 Å². The largest absolute Gasteiger partial charge is 0.491 e. The molecule has 0 bridgehead atoms. The van der Waals surface area contributed by atoms with Gasteiger partial charge in [0.1, 0.15) is 11.5 Å². The normalized spacial score (nSPS) is 11.1. The van der Waals surface area contributed by atoms with Crippen molar-refractivity contribution in [2.45, 2.75) is 39.9 Å². The van der Waals surface area contributed by atoms with E-state index in [2.05, 4.69) is 5.32 Å². The van der Waals surface area contributed by atoms with E-state index in [9.17, 15) is 4.79 Å². The molecule has 4 heteroatoms. The number of nitrogens with one attached hydrogen (secondary N) is 1. The number of anilines is 1. The molecule has 0 aliphatic carbocycles. The average Bonchev–Trinajstić information content (AvgIpc) is 2.54. The van der Waals surface area contributed by atoms with Gasteiger partial charge in [0.15, 0.2) is 0 Å². The summed E-state index contributed by atoms with van der Waals surface area (Å²) in [5.74, 6) is 1.23. The summed E-state index contributed by atoms with van der Waals surface area (Å²) in [7, 11) is 0. The Morgan fingerprint density at radius 2 is 1.68 bits per heavy atom. The minimum atomic E-state index is -0.213. The monoisotopic (exact) mass is 339 g/mol. The quantitative estimate of drug-likeness (QED) is 0.729. The Labute approximate surface area is 149 Å². The van der Waals surface area contributed by atoms with Crippen LogP contribution in [0, 0.1) is 0 Å². The standard InChI is InChI=1S/C21H25NO3/c1-15(2)24-18-9-7-8-17(14-18)12-13-21(23)22-19-10-5-6-11-20(19)25-16(3)4/h5-16H,1-4H3,(H,22,23)/b13-12+. The molecule has 0 aliphatic rings. The molecule has 0 fully saturated rings. The molecule has 0 heterocycles. The van der Waals surface area contributed by atoms with Crippen molar-refractivity contribution in [1.82, 2.24) is 0 Å². The zero-order valence-corrected chi connectivity index (χ0v) is 15.2. The highest BCUT2D eigenvalue weighted by Crippen LogP contribution is 2.25. The number of ether oxygens (including phenoxy) is 2. The molecule has 1 amide bonds. The van der Waals surface area contributed by atoms with Crippen LogP contribution in [0.1, 0.15) is 33.3 Å². The zero-order chi connectivity index (χ0) is 18.2.